The first-order valence-corrected chi connectivity index (χ1v) is 2.97. The van der Waals surface area contributed by atoms with E-state index in [2.05, 4.69) is 4.74 Å². The molecule has 0 fully saturated rings. The van der Waals surface area contributed by atoms with Crippen molar-refractivity contribution in [3.05, 3.63) is 6.61 Å². The summed E-state index contributed by atoms with van der Waals surface area (Å²) in [6.07, 6.45) is 0. The maximum Gasteiger partial charge on any atom is 0.311 e. The minimum Gasteiger partial charge on any atom is -0.458 e. The maximum absolute atomic E-state index is 10.8. The zero-order valence-electron chi connectivity index (χ0n) is 6.39. The number of ether oxygens (including phenoxy) is 1. The average Bonchev–Trinajstić information content (AvgIpc) is 1.64. The molecule has 2 nitrogen and oxygen atoms in total. The lowest BCUT2D eigenvalue weighted by atomic mass is 9.97. The summed E-state index contributed by atoms with van der Waals surface area (Å²) < 4.78 is 4.64. The van der Waals surface area contributed by atoms with Crippen molar-refractivity contribution in [2.75, 3.05) is 0 Å². The summed E-state index contributed by atoms with van der Waals surface area (Å²) in [4.78, 5) is 10.8. The summed E-state index contributed by atoms with van der Waals surface area (Å²) in [5.74, 6) is -0.190. The van der Waals surface area contributed by atoms with Crippen LogP contribution in [0.3, 0.4) is 0 Å². The van der Waals surface area contributed by atoms with Crippen LogP contribution in [0.5, 0.6) is 0 Å². The van der Waals surface area contributed by atoms with Gasteiger partial charge in [0.25, 0.3) is 0 Å². The zero-order valence-corrected chi connectivity index (χ0v) is 6.39. The molecule has 0 saturated heterocycles. The highest BCUT2D eigenvalue weighted by atomic mass is 16.5. The van der Waals surface area contributed by atoms with Gasteiger partial charge in [0, 0.05) is 0 Å². The molecule has 53 valence electrons. The van der Waals surface area contributed by atoms with E-state index in [1.54, 1.807) is 6.92 Å². The number of esters is 1. The van der Waals surface area contributed by atoms with E-state index in [1.165, 1.54) is 6.61 Å². The molecule has 0 aromatic rings. The van der Waals surface area contributed by atoms with Crippen LogP contribution in [-0.4, -0.2) is 5.97 Å². The highest BCUT2D eigenvalue weighted by Crippen LogP contribution is 2.15. The summed E-state index contributed by atoms with van der Waals surface area (Å²) in [5.41, 5.74) is -0.382. The molecule has 0 rings (SSSR count). The van der Waals surface area contributed by atoms with Gasteiger partial charge in [-0.15, -0.1) is 0 Å². The molecule has 0 aliphatic carbocycles. The van der Waals surface area contributed by atoms with Crippen LogP contribution < -0.4 is 0 Å². The Balaban J connectivity index is 3.74. The smallest absolute Gasteiger partial charge is 0.311 e. The second-order valence-corrected chi connectivity index (χ2v) is 2.89. The molecule has 0 saturated carbocycles. The van der Waals surface area contributed by atoms with Crippen molar-refractivity contribution < 1.29 is 9.53 Å². The fraction of sp³-hybridized carbons (Fsp3) is 0.714. The molecule has 0 atom stereocenters. The van der Waals surface area contributed by atoms with Crippen LogP contribution in [0.1, 0.15) is 27.7 Å². The fourth-order valence-electron chi connectivity index (χ4n) is 0.284. The van der Waals surface area contributed by atoms with Crippen LogP contribution in [0, 0.1) is 12.0 Å². The van der Waals surface area contributed by atoms with Gasteiger partial charge in [-0.25, -0.2) is 0 Å². The fourth-order valence-corrected chi connectivity index (χ4v) is 0.284. The Hall–Kier alpha value is -0.530. The summed E-state index contributed by atoms with van der Waals surface area (Å²) in [6.45, 7) is 8.54. The molecule has 0 spiro atoms. The Morgan fingerprint density at radius 2 is 1.89 bits per heavy atom. The second-order valence-electron chi connectivity index (χ2n) is 2.89. The van der Waals surface area contributed by atoms with Crippen LogP contribution in [-0.2, 0) is 9.53 Å². The van der Waals surface area contributed by atoms with Gasteiger partial charge in [-0.2, -0.15) is 0 Å². The van der Waals surface area contributed by atoms with Crippen molar-refractivity contribution in [3.8, 4) is 0 Å². The van der Waals surface area contributed by atoms with E-state index in [0.717, 1.165) is 0 Å². The van der Waals surface area contributed by atoms with Crippen LogP contribution in [0.2, 0.25) is 0 Å². The standard InChI is InChI=1S/C7H13O2/c1-5-9-6(8)7(2,3)4/h5H,1-4H3. The van der Waals surface area contributed by atoms with Crippen molar-refractivity contribution in [2.24, 2.45) is 5.41 Å². The highest BCUT2D eigenvalue weighted by Gasteiger charge is 2.22. The van der Waals surface area contributed by atoms with Gasteiger partial charge in [0.2, 0.25) is 0 Å². The summed E-state index contributed by atoms with van der Waals surface area (Å²) in [7, 11) is 0. The lowest BCUT2D eigenvalue weighted by molar-refractivity contribution is -0.149. The predicted octanol–water partition coefficient (Wildman–Crippen LogP) is 1.76. The number of carbonyl (C=O) groups is 1. The van der Waals surface area contributed by atoms with Gasteiger partial charge in [0.15, 0.2) is 0 Å². The molecule has 0 aromatic heterocycles. The Bertz CT molecular complexity index is 100.0. The molecule has 0 heterocycles. The van der Waals surface area contributed by atoms with E-state index in [9.17, 15) is 4.79 Å². The van der Waals surface area contributed by atoms with Gasteiger partial charge < -0.3 is 4.74 Å². The van der Waals surface area contributed by atoms with Crippen molar-refractivity contribution in [3.63, 3.8) is 0 Å². The molecule has 9 heavy (non-hydrogen) atoms. The van der Waals surface area contributed by atoms with Gasteiger partial charge in [0.1, 0.15) is 6.61 Å². The van der Waals surface area contributed by atoms with Crippen molar-refractivity contribution in [1.29, 1.82) is 0 Å². The van der Waals surface area contributed by atoms with E-state index in [4.69, 9.17) is 0 Å². The lowest BCUT2D eigenvalue weighted by Crippen LogP contribution is -2.21. The summed E-state index contributed by atoms with van der Waals surface area (Å²) >= 11 is 0. The monoisotopic (exact) mass is 129 g/mol. The third-order valence-electron chi connectivity index (χ3n) is 0.837. The second kappa shape index (κ2) is 2.85. The molecule has 0 aliphatic rings. The number of hydrogen-bond donors (Lipinski definition) is 0. The third kappa shape index (κ3) is 3.12. The Kier molecular flexibility index (Phi) is 2.68. The van der Waals surface area contributed by atoms with Crippen molar-refractivity contribution >= 4 is 5.97 Å². The number of carbonyl (C=O) groups excluding carboxylic acids is 1. The van der Waals surface area contributed by atoms with Crippen LogP contribution in [0.4, 0.5) is 0 Å². The molecule has 0 N–H and O–H groups in total. The summed E-state index contributed by atoms with van der Waals surface area (Å²) in [5, 5.41) is 0. The molecular formula is C7H13O2. The van der Waals surface area contributed by atoms with Crippen LogP contribution >= 0.6 is 0 Å². The van der Waals surface area contributed by atoms with Gasteiger partial charge in [-0.3, -0.25) is 4.79 Å². The SMILES string of the molecule is C[CH]OC(=O)C(C)(C)C. The number of rotatable bonds is 1. The molecule has 0 bridgehead atoms. The van der Waals surface area contributed by atoms with Gasteiger partial charge >= 0.3 is 5.97 Å². The Morgan fingerprint density at radius 3 is 2.00 bits per heavy atom. The predicted molar refractivity (Wildman–Crippen MR) is 35.5 cm³/mol. The third-order valence-corrected chi connectivity index (χ3v) is 0.837. The van der Waals surface area contributed by atoms with Gasteiger partial charge in [-0.05, 0) is 27.7 Å². The molecule has 2 heteroatoms. The molecule has 0 aliphatic heterocycles. The average molecular weight is 129 g/mol. The zero-order chi connectivity index (χ0) is 7.49. The van der Waals surface area contributed by atoms with Crippen molar-refractivity contribution in [2.45, 2.75) is 27.7 Å². The first-order chi connectivity index (χ1) is 3.98. The highest BCUT2D eigenvalue weighted by molar-refractivity contribution is 5.75. The number of hydrogen-bond acceptors (Lipinski definition) is 2. The molecule has 0 unspecified atom stereocenters. The van der Waals surface area contributed by atoms with Gasteiger partial charge in [-0.1, -0.05) is 0 Å². The molecule has 0 amide bonds. The topological polar surface area (TPSA) is 26.3 Å². The van der Waals surface area contributed by atoms with Gasteiger partial charge in [0.05, 0.1) is 5.41 Å². The van der Waals surface area contributed by atoms with Crippen LogP contribution in [0.25, 0.3) is 0 Å². The minimum atomic E-state index is -0.382. The normalized spacial score (nSPS) is 11.1. The Labute approximate surface area is 56.2 Å². The van der Waals surface area contributed by atoms with Crippen molar-refractivity contribution in [1.82, 2.24) is 0 Å². The molecule has 0 aromatic carbocycles. The van der Waals surface area contributed by atoms with E-state index in [-0.39, 0.29) is 11.4 Å². The van der Waals surface area contributed by atoms with E-state index in [0.29, 0.717) is 0 Å². The lowest BCUT2D eigenvalue weighted by Gasteiger charge is -2.14. The molecular weight excluding hydrogens is 116 g/mol. The largest absolute Gasteiger partial charge is 0.458 e. The quantitative estimate of drug-likeness (QED) is 0.504. The van der Waals surface area contributed by atoms with E-state index in [1.807, 2.05) is 20.8 Å². The maximum atomic E-state index is 10.8. The van der Waals surface area contributed by atoms with E-state index >= 15 is 0 Å². The first-order valence-electron chi connectivity index (χ1n) is 2.97. The summed E-state index contributed by atoms with van der Waals surface area (Å²) in [6, 6.07) is 0. The first kappa shape index (κ1) is 8.47. The molecule has 1 radical (unpaired) electrons. The van der Waals surface area contributed by atoms with Crippen LogP contribution in [0.15, 0.2) is 0 Å². The minimum absolute atomic E-state index is 0.190. The Morgan fingerprint density at radius 1 is 1.44 bits per heavy atom. The van der Waals surface area contributed by atoms with E-state index < -0.39 is 0 Å².